The molecule has 5 heterocycles. The van der Waals surface area contributed by atoms with E-state index in [2.05, 4.69) is 142 Å². The lowest BCUT2D eigenvalue weighted by Gasteiger charge is -2.09. The molecule has 0 spiro atoms. The molecule has 0 unspecified atom stereocenters. The van der Waals surface area contributed by atoms with Crippen molar-refractivity contribution in [2.24, 2.45) is 0 Å². The smallest absolute Gasteiger partial charge is 0.165 e. The molecule has 0 atom stereocenters. The number of hydrogen-bond acceptors (Lipinski definition) is 3. The molecule has 5 heteroatoms. The molecule has 12 aromatic rings. The molecule has 0 N–H and O–H groups in total. The first-order valence-corrected chi connectivity index (χ1v) is 17.4. The van der Waals surface area contributed by atoms with E-state index in [4.69, 9.17) is 9.97 Å². The van der Waals surface area contributed by atoms with Gasteiger partial charge < -0.3 is 4.57 Å². The zero-order chi connectivity index (χ0) is 31.8. The summed E-state index contributed by atoms with van der Waals surface area (Å²) in [6, 6.07) is 52.6. The molecule has 0 radical (unpaired) electrons. The fourth-order valence-electron chi connectivity index (χ4n) is 8.33. The summed E-state index contributed by atoms with van der Waals surface area (Å²) >= 11 is 1.86. The Bertz CT molecular complexity index is 3330. The second kappa shape index (κ2) is 9.19. The van der Waals surface area contributed by atoms with Gasteiger partial charge in [-0.15, -0.1) is 11.3 Å². The Kier molecular flexibility index (Phi) is 4.83. The summed E-state index contributed by atoms with van der Waals surface area (Å²) in [4.78, 5) is 10.5. The highest BCUT2D eigenvalue weighted by Crippen LogP contribution is 2.47. The largest absolute Gasteiger partial charge is 0.309 e. The summed E-state index contributed by atoms with van der Waals surface area (Å²) < 4.78 is 7.33. The van der Waals surface area contributed by atoms with Gasteiger partial charge >= 0.3 is 0 Å². The fourth-order valence-corrected chi connectivity index (χ4v) is 9.49. The van der Waals surface area contributed by atoms with Crippen molar-refractivity contribution < 1.29 is 0 Å². The van der Waals surface area contributed by atoms with Crippen LogP contribution in [0.2, 0.25) is 0 Å². The van der Waals surface area contributed by atoms with Gasteiger partial charge in [0.2, 0.25) is 0 Å². The Balaban J connectivity index is 1.19. The first-order chi connectivity index (χ1) is 24.3. The highest BCUT2D eigenvalue weighted by atomic mass is 32.1. The summed E-state index contributed by atoms with van der Waals surface area (Å²) in [7, 11) is 0. The maximum Gasteiger partial charge on any atom is 0.165 e. The number of aromatic nitrogens is 4. The Labute approximate surface area is 283 Å². The highest BCUT2D eigenvalue weighted by Gasteiger charge is 2.24. The number of benzene rings is 7. The molecule has 0 aliphatic rings. The van der Waals surface area contributed by atoms with Crippen LogP contribution in [-0.2, 0) is 0 Å². The molecule has 4 nitrogen and oxygen atoms in total. The van der Waals surface area contributed by atoms with E-state index in [9.17, 15) is 0 Å². The molecule has 0 saturated carbocycles. The van der Waals surface area contributed by atoms with Crippen molar-refractivity contribution in [2.75, 3.05) is 0 Å². The minimum absolute atomic E-state index is 0.911. The topological polar surface area (TPSA) is 35.1 Å². The van der Waals surface area contributed by atoms with Gasteiger partial charge in [0, 0.05) is 52.8 Å². The van der Waals surface area contributed by atoms with Crippen LogP contribution in [0.3, 0.4) is 0 Å². The van der Waals surface area contributed by atoms with Crippen molar-refractivity contribution in [1.29, 1.82) is 0 Å². The van der Waals surface area contributed by atoms with Crippen LogP contribution in [0.25, 0.3) is 108 Å². The van der Waals surface area contributed by atoms with E-state index in [-0.39, 0.29) is 0 Å². The molecular weight excluding hydrogens is 617 g/mol. The van der Waals surface area contributed by atoms with E-state index in [1.54, 1.807) is 0 Å². The van der Waals surface area contributed by atoms with Crippen LogP contribution in [0.1, 0.15) is 0 Å². The third-order valence-corrected chi connectivity index (χ3v) is 11.5. The van der Waals surface area contributed by atoms with Gasteiger partial charge in [-0.25, -0.2) is 9.97 Å². The Morgan fingerprint density at radius 2 is 1.16 bits per heavy atom. The zero-order valence-corrected chi connectivity index (χ0v) is 26.9. The van der Waals surface area contributed by atoms with E-state index >= 15 is 0 Å². The molecule has 0 aliphatic carbocycles. The predicted octanol–water partition coefficient (Wildman–Crippen LogP) is 11.9. The lowest BCUT2D eigenvalue weighted by Crippen LogP contribution is -1.93. The van der Waals surface area contributed by atoms with Crippen LogP contribution < -0.4 is 0 Å². The zero-order valence-electron chi connectivity index (χ0n) is 26.1. The van der Waals surface area contributed by atoms with Crippen molar-refractivity contribution in [3.05, 3.63) is 146 Å². The molecule has 0 fully saturated rings. The maximum atomic E-state index is 5.28. The Morgan fingerprint density at radius 1 is 0.449 bits per heavy atom. The van der Waals surface area contributed by atoms with Crippen molar-refractivity contribution in [1.82, 2.24) is 18.9 Å². The molecule has 0 saturated heterocycles. The number of rotatable bonds is 2. The van der Waals surface area contributed by atoms with Gasteiger partial charge in [-0.1, -0.05) is 84.9 Å². The van der Waals surface area contributed by atoms with Crippen LogP contribution >= 0.6 is 11.3 Å². The minimum Gasteiger partial charge on any atom is -0.309 e. The van der Waals surface area contributed by atoms with Gasteiger partial charge in [0.15, 0.2) is 5.65 Å². The van der Waals surface area contributed by atoms with Gasteiger partial charge in [-0.3, -0.25) is 4.40 Å². The molecule has 0 amide bonds. The van der Waals surface area contributed by atoms with Gasteiger partial charge in [0.1, 0.15) is 5.52 Å². The normalized spacial score (nSPS) is 12.5. The van der Waals surface area contributed by atoms with E-state index in [0.717, 1.165) is 27.7 Å². The monoisotopic (exact) mass is 640 g/mol. The summed E-state index contributed by atoms with van der Waals surface area (Å²) in [5.74, 6) is 0. The second-order valence-electron chi connectivity index (χ2n) is 13.0. The van der Waals surface area contributed by atoms with E-state index < -0.39 is 0 Å². The minimum atomic E-state index is 0.911. The molecule has 5 aromatic heterocycles. The molecule has 7 aromatic carbocycles. The number of nitrogens with zero attached hydrogens (tertiary/aromatic N) is 4. The number of thiophene rings is 1. The quantitative estimate of drug-likeness (QED) is 0.188. The maximum absolute atomic E-state index is 5.28. The summed E-state index contributed by atoms with van der Waals surface area (Å²) in [6.07, 6.45) is 0. The van der Waals surface area contributed by atoms with Crippen molar-refractivity contribution in [2.45, 2.75) is 0 Å². The Morgan fingerprint density at radius 3 is 2.06 bits per heavy atom. The molecule has 0 bridgehead atoms. The Hall–Kier alpha value is -6.30. The van der Waals surface area contributed by atoms with E-state index in [1.165, 1.54) is 80.5 Å². The van der Waals surface area contributed by atoms with Crippen LogP contribution in [0.4, 0.5) is 0 Å². The first-order valence-electron chi connectivity index (χ1n) is 16.6. The second-order valence-corrected chi connectivity index (χ2v) is 14.1. The van der Waals surface area contributed by atoms with Gasteiger partial charge in [0.05, 0.1) is 33.1 Å². The SMILES string of the molecule is c1ccc(-n2c3ccccc3c3ccc(-c4ccc5c(c4)c4cc6sc7ccccc7c6c6c7nc8ccccc8nc7n5c46)cc32)cc1. The molecule has 12 rings (SSSR count). The van der Waals surface area contributed by atoms with E-state index in [0.29, 0.717) is 0 Å². The standard InChI is InChI=1S/C44H24N4S/c1-2-10-27(11-3-1)47-35-16-8-4-12-28(35)29-20-18-26(23-37(29)47)25-19-21-36-31(22-25)32-24-39-40(30-13-5-9-17-38(30)49-39)41-42-44(48(36)43(32)41)46-34-15-7-6-14-33(34)45-42/h1-24H. The lowest BCUT2D eigenvalue weighted by atomic mass is 10.00. The van der Waals surface area contributed by atoms with Crippen LogP contribution in [-0.4, -0.2) is 18.9 Å². The van der Waals surface area contributed by atoms with Crippen LogP contribution in [0.5, 0.6) is 0 Å². The average molecular weight is 641 g/mol. The number of para-hydroxylation sites is 4. The lowest BCUT2D eigenvalue weighted by molar-refractivity contribution is 1.18. The summed E-state index contributed by atoms with van der Waals surface area (Å²) in [6.45, 7) is 0. The van der Waals surface area contributed by atoms with Crippen molar-refractivity contribution in [3.8, 4) is 16.8 Å². The van der Waals surface area contributed by atoms with Gasteiger partial charge in [0.25, 0.3) is 0 Å². The third-order valence-electron chi connectivity index (χ3n) is 10.4. The van der Waals surface area contributed by atoms with Gasteiger partial charge in [-0.2, -0.15) is 0 Å². The first kappa shape index (κ1) is 25.7. The summed E-state index contributed by atoms with van der Waals surface area (Å²) in [5, 5.41) is 8.76. The van der Waals surface area contributed by atoms with E-state index in [1.807, 2.05) is 23.5 Å². The highest BCUT2D eigenvalue weighted by molar-refractivity contribution is 7.26. The summed E-state index contributed by atoms with van der Waals surface area (Å²) in [5.41, 5.74) is 12.1. The molecule has 0 aliphatic heterocycles. The van der Waals surface area contributed by atoms with Crippen LogP contribution in [0.15, 0.2) is 146 Å². The number of hydrogen-bond donors (Lipinski definition) is 0. The van der Waals surface area contributed by atoms with Crippen molar-refractivity contribution in [3.63, 3.8) is 0 Å². The molecule has 226 valence electrons. The molecule has 49 heavy (non-hydrogen) atoms. The number of fused-ring (bicyclic) bond motifs is 14. The average Bonchev–Trinajstić information content (AvgIpc) is 3.88. The molecular formula is C44H24N4S. The fraction of sp³-hybridized carbons (Fsp3) is 0. The third kappa shape index (κ3) is 3.32. The van der Waals surface area contributed by atoms with Crippen molar-refractivity contribution >= 4 is 103 Å². The van der Waals surface area contributed by atoms with Gasteiger partial charge in [-0.05, 0) is 71.8 Å². The predicted molar refractivity (Wildman–Crippen MR) is 207 cm³/mol. The van der Waals surface area contributed by atoms with Crippen LogP contribution in [0, 0.1) is 0 Å².